The third-order valence-corrected chi connectivity index (χ3v) is 5.25. The SMILES string of the molecule is COc1cc(O)c(C(=C2CC2)C2OC2c2cc(OC)c(OC)c(OC)c2)c(O)c1. The summed E-state index contributed by atoms with van der Waals surface area (Å²) in [5.74, 6) is 1.94. The van der Waals surface area contributed by atoms with Gasteiger partial charge in [-0.3, -0.25) is 0 Å². The summed E-state index contributed by atoms with van der Waals surface area (Å²) in [4.78, 5) is 0. The Morgan fingerprint density at radius 3 is 1.90 bits per heavy atom. The van der Waals surface area contributed by atoms with Gasteiger partial charge in [-0.05, 0) is 36.1 Å². The predicted octanol–water partition coefficient (Wildman–Crippen LogP) is 3.82. The molecule has 2 aromatic carbocycles. The molecule has 2 N–H and O–H groups in total. The van der Waals surface area contributed by atoms with Gasteiger partial charge in [0.05, 0.1) is 34.0 Å². The van der Waals surface area contributed by atoms with E-state index in [0.717, 1.165) is 24.0 Å². The molecule has 2 aromatic rings. The molecule has 4 rings (SSSR count). The van der Waals surface area contributed by atoms with Crippen LogP contribution in [0.15, 0.2) is 29.8 Å². The highest BCUT2D eigenvalue weighted by molar-refractivity contribution is 5.84. The van der Waals surface area contributed by atoms with Crippen molar-refractivity contribution in [2.45, 2.75) is 25.0 Å². The lowest BCUT2D eigenvalue weighted by molar-refractivity contribution is 0.322. The van der Waals surface area contributed by atoms with Crippen molar-refractivity contribution in [1.29, 1.82) is 0 Å². The summed E-state index contributed by atoms with van der Waals surface area (Å²) < 4.78 is 27.4. The highest BCUT2D eigenvalue weighted by Gasteiger charge is 2.47. The van der Waals surface area contributed by atoms with E-state index in [1.54, 1.807) is 21.3 Å². The van der Waals surface area contributed by atoms with Crippen LogP contribution in [0, 0.1) is 0 Å². The van der Waals surface area contributed by atoms with E-state index >= 15 is 0 Å². The van der Waals surface area contributed by atoms with E-state index in [-0.39, 0.29) is 23.7 Å². The van der Waals surface area contributed by atoms with Crippen LogP contribution in [0.25, 0.3) is 5.57 Å². The molecule has 2 atom stereocenters. The third-order valence-electron chi connectivity index (χ3n) is 5.25. The second-order valence-corrected chi connectivity index (χ2v) is 6.99. The topological polar surface area (TPSA) is 89.9 Å². The zero-order valence-corrected chi connectivity index (χ0v) is 16.8. The fraction of sp³-hybridized carbons (Fsp3) is 0.364. The van der Waals surface area contributed by atoms with E-state index in [1.807, 2.05) is 12.1 Å². The van der Waals surface area contributed by atoms with Crippen LogP contribution >= 0.6 is 0 Å². The Labute approximate surface area is 169 Å². The molecule has 2 aliphatic rings. The molecule has 0 spiro atoms. The Balaban J connectivity index is 1.71. The van der Waals surface area contributed by atoms with Crippen molar-refractivity contribution >= 4 is 5.57 Å². The van der Waals surface area contributed by atoms with Crippen LogP contribution in [0.1, 0.15) is 30.1 Å². The van der Waals surface area contributed by atoms with E-state index in [4.69, 9.17) is 23.7 Å². The number of epoxide rings is 1. The molecule has 7 heteroatoms. The maximum absolute atomic E-state index is 10.5. The summed E-state index contributed by atoms with van der Waals surface area (Å²) in [5, 5.41) is 21.1. The predicted molar refractivity (Wildman–Crippen MR) is 106 cm³/mol. The van der Waals surface area contributed by atoms with Crippen LogP contribution in [-0.2, 0) is 4.74 Å². The van der Waals surface area contributed by atoms with Gasteiger partial charge in [0, 0.05) is 12.1 Å². The Morgan fingerprint density at radius 1 is 0.862 bits per heavy atom. The summed E-state index contributed by atoms with van der Waals surface area (Å²) in [6.45, 7) is 0. The first-order chi connectivity index (χ1) is 14.0. The Morgan fingerprint density at radius 2 is 1.45 bits per heavy atom. The Kier molecular flexibility index (Phi) is 4.92. The molecule has 2 unspecified atom stereocenters. The van der Waals surface area contributed by atoms with Gasteiger partial charge in [0.1, 0.15) is 29.5 Å². The first-order valence-corrected chi connectivity index (χ1v) is 9.30. The molecule has 7 nitrogen and oxygen atoms in total. The van der Waals surface area contributed by atoms with Crippen LogP contribution in [-0.4, -0.2) is 44.8 Å². The molecule has 0 amide bonds. The molecular weight excluding hydrogens is 376 g/mol. The molecule has 1 aliphatic heterocycles. The minimum Gasteiger partial charge on any atom is -0.507 e. The van der Waals surface area contributed by atoms with E-state index in [9.17, 15) is 10.2 Å². The number of allylic oxidation sites excluding steroid dienone is 1. The van der Waals surface area contributed by atoms with Crippen molar-refractivity contribution in [3.05, 3.63) is 41.0 Å². The Hall–Kier alpha value is -3.06. The summed E-state index contributed by atoms with van der Waals surface area (Å²) >= 11 is 0. The standard InChI is InChI=1S/C22H24O7/c1-25-13-9-14(23)19(15(24)10-13)18(11-5-6-11)22-20(29-22)12-7-16(26-2)21(28-4)17(8-12)27-3/h7-10,20,22-24H,5-6H2,1-4H3. The monoisotopic (exact) mass is 400 g/mol. The number of methoxy groups -OCH3 is 4. The van der Waals surface area contributed by atoms with Crippen molar-refractivity contribution in [2.75, 3.05) is 28.4 Å². The lowest BCUT2D eigenvalue weighted by atomic mass is 9.95. The van der Waals surface area contributed by atoms with Crippen molar-refractivity contribution in [2.24, 2.45) is 0 Å². The van der Waals surface area contributed by atoms with Gasteiger partial charge in [-0.25, -0.2) is 0 Å². The largest absolute Gasteiger partial charge is 0.507 e. The van der Waals surface area contributed by atoms with Gasteiger partial charge in [-0.2, -0.15) is 0 Å². The first kappa shape index (κ1) is 19.3. The first-order valence-electron chi connectivity index (χ1n) is 9.30. The molecule has 0 aromatic heterocycles. The van der Waals surface area contributed by atoms with Crippen LogP contribution < -0.4 is 18.9 Å². The van der Waals surface area contributed by atoms with Gasteiger partial charge in [0.25, 0.3) is 0 Å². The van der Waals surface area contributed by atoms with Crippen LogP contribution in [0.3, 0.4) is 0 Å². The van der Waals surface area contributed by atoms with Gasteiger partial charge in [0.15, 0.2) is 11.5 Å². The van der Waals surface area contributed by atoms with Crippen LogP contribution in [0.5, 0.6) is 34.5 Å². The second kappa shape index (κ2) is 7.40. The van der Waals surface area contributed by atoms with Gasteiger partial charge < -0.3 is 33.9 Å². The summed E-state index contributed by atoms with van der Waals surface area (Å²) in [6.07, 6.45) is 1.32. The zero-order valence-electron chi connectivity index (χ0n) is 16.8. The van der Waals surface area contributed by atoms with E-state index in [2.05, 4.69) is 0 Å². The maximum Gasteiger partial charge on any atom is 0.203 e. The van der Waals surface area contributed by atoms with Crippen molar-refractivity contribution < 1.29 is 33.9 Å². The number of hydrogen-bond donors (Lipinski definition) is 2. The lowest BCUT2D eigenvalue weighted by Gasteiger charge is -2.14. The van der Waals surface area contributed by atoms with E-state index in [1.165, 1.54) is 24.8 Å². The molecule has 2 fully saturated rings. The fourth-order valence-corrected chi connectivity index (χ4v) is 3.68. The number of rotatable bonds is 7. The molecule has 1 saturated carbocycles. The molecule has 154 valence electrons. The van der Waals surface area contributed by atoms with Gasteiger partial charge >= 0.3 is 0 Å². The number of ether oxygens (including phenoxy) is 5. The Bertz CT molecular complexity index is 925. The van der Waals surface area contributed by atoms with E-state index < -0.39 is 0 Å². The van der Waals surface area contributed by atoms with Gasteiger partial charge in [0.2, 0.25) is 5.75 Å². The van der Waals surface area contributed by atoms with Crippen molar-refractivity contribution in [3.8, 4) is 34.5 Å². The van der Waals surface area contributed by atoms with Crippen molar-refractivity contribution in [3.63, 3.8) is 0 Å². The highest BCUT2D eigenvalue weighted by atomic mass is 16.6. The number of aromatic hydroxyl groups is 2. The second-order valence-electron chi connectivity index (χ2n) is 6.99. The third kappa shape index (κ3) is 3.42. The maximum atomic E-state index is 10.5. The molecular formula is C22H24O7. The minimum absolute atomic E-state index is 0.0320. The summed E-state index contributed by atoms with van der Waals surface area (Å²) in [7, 11) is 6.18. The highest BCUT2D eigenvalue weighted by Crippen LogP contribution is 2.56. The van der Waals surface area contributed by atoms with Crippen LogP contribution in [0.4, 0.5) is 0 Å². The smallest absolute Gasteiger partial charge is 0.203 e. The average molecular weight is 400 g/mol. The number of phenols is 2. The lowest BCUT2D eigenvalue weighted by Crippen LogP contribution is -2.00. The molecule has 1 heterocycles. The molecule has 1 aliphatic carbocycles. The molecule has 0 bridgehead atoms. The molecule has 29 heavy (non-hydrogen) atoms. The number of phenolic OH excluding ortho intramolecular Hbond substituents is 2. The molecule has 0 radical (unpaired) electrons. The number of benzene rings is 2. The van der Waals surface area contributed by atoms with Crippen molar-refractivity contribution in [1.82, 2.24) is 0 Å². The zero-order chi connectivity index (χ0) is 20.7. The normalized spacial score (nSPS) is 19.5. The summed E-state index contributed by atoms with van der Waals surface area (Å²) in [6, 6.07) is 6.70. The fourth-order valence-electron chi connectivity index (χ4n) is 3.68. The average Bonchev–Trinajstić information content (AvgIpc) is 3.63. The molecule has 1 saturated heterocycles. The quantitative estimate of drug-likeness (QED) is 0.683. The number of hydrogen-bond acceptors (Lipinski definition) is 7. The summed E-state index contributed by atoms with van der Waals surface area (Å²) in [5.41, 5.74) is 3.27. The van der Waals surface area contributed by atoms with Crippen LogP contribution in [0.2, 0.25) is 0 Å². The van der Waals surface area contributed by atoms with E-state index in [0.29, 0.717) is 28.6 Å². The van der Waals surface area contributed by atoms with Gasteiger partial charge in [-0.15, -0.1) is 0 Å². The minimum atomic E-state index is -0.277. The van der Waals surface area contributed by atoms with Gasteiger partial charge in [-0.1, -0.05) is 5.57 Å².